The Balaban J connectivity index is 1.37. The van der Waals surface area contributed by atoms with Crippen LogP contribution in [0.1, 0.15) is 19.3 Å². The molecule has 0 aromatic carbocycles. The summed E-state index contributed by atoms with van der Waals surface area (Å²) in [5.41, 5.74) is 0. The number of hydrogen-bond donors (Lipinski definition) is 2. The maximum absolute atomic E-state index is 3.65. The predicted molar refractivity (Wildman–Crippen MR) is 57.4 cm³/mol. The molecule has 1 unspecified atom stereocenters. The van der Waals surface area contributed by atoms with Crippen molar-refractivity contribution in [3.8, 4) is 0 Å². The summed E-state index contributed by atoms with van der Waals surface area (Å²) in [6.07, 6.45) is 4.35. The minimum atomic E-state index is 0.768. The molecule has 3 nitrogen and oxygen atoms in total. The van der Waals surface area contributed by atoms with Crippen molar-refractivity contribution in [2.45, 2.75) is 31.3 Å². The summed E-state index contributed by atoms with van der Waals surface area (Å²) in [7, 11) is 0. The van der Waals surface area contributed by atoms with E-state index in [4.69, 9.17) is 0 Å². The van der Waals surface area contributed by atoms with Crippen molar-refractivity contribution >= 4 is 0 Å². The zero-order chi connectivity index (χ0) is 9.38. The molecule has 0 spiro atoms. The van der Waals surface area contributed by atoms with Gasteiger partial charge in [-0.25, -0.2) is 0 Å². The van der Waals surface area contributed by atoms with E-state index < -0.39 is 0 Å². The van der Waals surface area contributed by atoms with Crippen LogP contribution in [0.15, 0.2) is 0 Å². The van der Waals surface area contributed by atoms with Crippen LogP contribution in [0.5, 0.6) is 0 Å². The molecule has 3 fully saturated rings. The SMILES string of the molecule is C1CN(C2CC2)CC1CNC1CNC1. The molecule has 3 rings (SSSR count). The molecule has 3 heteroatoms. The lowest BCUT2D eigenvalue weighted by molar-refractivity contribution is 0.299. The van der Waals surface area contributed by atoms with E-state index in [2.05, 4.69) is 15.5 Å². The molecule has 2 saturated heterocycles. The van der Waals surface area contributed by atoms with Gasteiger partial charge in [-0.15, -0.1) is 0 Å². The fourth-order valence-corrected chi connectivity index (χ4v) is 2.57. The van der Waals surface area contributed by atoms with Crippen LogP contribution >= 0.6 is 0 Å². The molecule has 0 radical (unpaired) electrons. The third-order valence-corrected chi connectivity index (χ3v) is 3.86. The van der Waals surface area contributed by atoms with Gasteiger partial charge < -0.3 is 15.5 Å². The normalized spacial score (nSPS) is 34.7. The van der Waals surface area contributed by atoms with E-state index >= 15 is 0 Å². The second kappa shape index (κ2) is 3.80. The summed E-state index contributed by atoms with van der Waals surface area (Å²) < 4.78 is 0. The molecule has 0 amide bonds. The predicted octanol–water partition coefficient (Wildman–Crippen LogP) is 0.0321. The van der Waals surface area contributed by atoms with Crippen molar-refractivity contribution < 1.29 is 0 Å². The van der Waals surface area contributed by atoms with Crippen molar-refractivity contribution in [1.29, 1.82) is 0 Å². The van der Waals surface area contributed by atoms with Gasteiger partial charge in [0.25, 0.3) is 0 Å². The molecule has 2 N–H and O–H groups in total. The van der Waals surface area contributed by atoms with E-state index in [1.54, 1.807) is 0 Å². The topological polar surface area (TPSA) is 27.3 Å². The highest BCUT2D eigenvalue weighted by Gasteiger charge is 2.34. The fraction of sp³-hybridized carbons (Fsp3) is 1.00. The second-order valence-electron chi connectivity index (χ2n) is 5.14. The van der Waals surface area contributed by atoms with Crippen LogP contribution in [0.25, 0.3) is 0 Å². The quantitative estimate of drug-likeness (QED) is 0.663. The van der Waals surface area contributed by atoms with Crippen molar-refractivity contribution in [3.05, 3.63) is 0 Å². The molecular formula is C11H21N3. The van der Waals surface area contributed by atoms with Gasteiger partial charge in [0, 0.05) is 31.7 Å². The Bertz CT molecular complexity index is 199. The number of rotatable bonds is 4. The molecule has 1 atom stereocenters. The Morgan fingerprint density at radius 3 is 2.71 bits per heavy atom. The zero-order valence-electron chi connectivity index (χ0n) is 8.84. The van der Waals surface area contributed by atoms with E-state index in [1.807, 2.05) is 0 Å². The summed E-state index contributed by atoms with van der Waals surface area (Å²) >= 11 is 0. The van der Waals surface area contributed by atoms with Gasteiger partial charge >= 0.3 is 0 Å². The van der Waals surface area contributed by atoms with Crippen molar-refractivity contribution in [3.63, 3.8) is 0 Å². The van der Waals surface area contributed by atoms with Crippen LogP contribution in [-0.2, 0) is 0 Å². The lowest BCUT2D eigenvalue weighted by atomic mass is 10.1. The molecule has 80 valence electrons. The lowest BCUT2D eigenvalue weighted by Crippen LogP contribution is -2.56. The van der Waals surface area contributed by atoms with Crippen LogP contribution < -0.4 is 10.6 Å². The van der Waals surface area contributed by atoms with Gasteiger partial charge in [0.15, 0.2) is 0 Å². The molecule has 0 aromatic heterocycles. The largest absolute Gasteiger partial charge is 0.314 e. The van der Waals surface area contributed by atoms with Gasteiger partial charge in [-0.3, -0.25) is 0 Å². The molecule has 0 aromatic rings. The average Bonchev–Trinajstić information content (AvgIpc) is 2.85. The average molecular weight is 195 g/mol. The van der Waals surface area contributed by atoms with Gasteiger partial charge in [-0.2, -0.15) is 0 Å². The molecule has 2 aliphatic heterocycles. The maximum atomic E-state index is 3.65. The molecule has 1 saturated carbocycles. The van der Waals surface area contributed by atoms with Gasteiger partial charge in [0.05, 0.1) is 0 Å². The number of nitrogens with zero attached hydrogens (tertiary/aromatic N) is 1. The summed E-state index contributed by atoms with van der Waals surface area (Å²) in [5, 5.41) is 6.95. The first-order valence-corrected chi connectivity index (χ1v) is 6.10. The Labute approximate surface area is 86.2 Å². The van der Waals surface area contributed by atoms with Crippen molar-refractivity contribution in [1.82, 2.24) is 15.5 Å². The van der Waals surface area contributed by atoms with E-state index in [0.29, 0.717) is 0 Å². The molecule has 3 aliphatic rings. The molecule has 14 heavy (non-hydrogen) atoms. The Morgan fingerprint density at radius 2 is 2.07 bits per heavy atom. The standard InChI is InChI=1S/C11H21N3/c1-2-11(1)14-4-3-9(8-14)5-13-10-6-12-7-10/h9-13H,1-8H2. The van der Waals surface area contributed by atoms with E-state index in [1.165, 1.54) is 52.0 Å². The highest BCUT2D eigenvalue weighted by Crippen LogP contribution is 2.31. The molecular weight excluding hydrogens is 174 g/mol. The maximum Gasteiger partial charge on any atom is 0.0317 e. The second-order valence-corrected chi connectivity index (χ2v) is 5.14. The fourth-order valence-electron chi connectivity index (χ4n) is 2.57. The van der Waals surface area contributed by atoms with Crippen molar-refractivity contribution in [2.75, 3.05) is 32.7 Å². The van der Waals surface area contributed by atoms with Gasteiger partial charge in [0.1, 0.15) is 0 Å². The van der Waals surface area contributed by atoms with Crippen LogP contribution in [0.4, 0.5) is 0 Å². The Hall–Kier alpha value is -0.120. The van der Waals surface area contributed by atoms with Crippen LogP contribution in [0.3, 0.4) is 0 Å². The summed E-state index contributed by atoms with van der Waals surface area (Å²) in [5.74, 6) is 0.927. The number of nitrogens with one attached hydrogen (secondary N) is 2. The monoisotopic (exact) mass is 195 g/mol. The Kier molecular flexibility index (Phi) is 2.48. The number of likely N-dealkylation sites (tertiary alicyclic amines) is 1. The Morgan fingerprint density at radius 1 is 1.21 bits per heavy atom. The van der Waals surface area contributed by atoms with Crippen LogP contribution in [0.2, 0.25) is 0 Å². The minimum absolute atomic E-state index is 0.768. The van der Waals surface area contributed by atoms with Gasteiger partial charge in [-0.05, 0) is 38.3 Å². The highest BCUT2D eigenvalue weighted by molar-refractivity contribution is 4.91. The molecule has 1 aliphatic carbocycles. The van der Waals surface area contributed by atoms with Gasteiger partial charge in [0.2, 0.25) is 0 Å². The van der Waals surface area contributed by atoms with E-state index in [0.717, 1.165) is 18.0 Å². The summed E-state index contributed by atoms with van der Waals surface area (Å²) in [6.45, 7) is 6.32. The van der Waals surface area contributed by atoms with Crippen LogP contribution in [-0.4, -0.2) is 49.7 Å². The molecule has 2 heterocycles. The third kappa shape index (κ3) is 1.95. The van der Waals surface area contributed by atoms with Crippen LogP contribution in [0, 0.1) is 5.92 Å². The summed E-state index contributed by atoms with van der Waals surface area (Å²) in [6, 6.07) is 1.75. The highest BCUT2D eigenvalue weighted by atomic mass is 15.2. The number of hydrogen-bond acceptors (Lipinski definition) is 3. The van der Waals surface area contributed by atoms with Crippen molar-refractivity contribution in [2.24, 2.45) is 5.92 Å². The third-order valence-electron chi connectivity index (χ3n) is 3.86. The first-order valence-electron chi connectivity index (χ1n) is 6.10. The van der Waals surface area contributed by atoms with Gasteiger partial charge in [-0.1, -0.05) is 0 Å². The smallest absolute Gasteiger partial charge is 0.0317 e. The molecule has 0 bridgehead atoms. The summed E-state index contributed by atoms with van der Waals surface area (Å²) in [4.78, 5) is 2.70. The first-order chi connectivity index (χ1) is 6.92. The van der Waals surface area contributed by atoms with E-state index in [-0.39, 0.29) is 0 Å². The minimum Gasteiger partial charge on any atom is -0.314 e. The zero-order valence-corrected chi connectivity index (χ0v) is 8.84. The van der Waals surface area contributed by atoms with E-state index in [9.17, 15) is 0 Å². The first kappa shape index (κ1) is 9.13. The lowest BCUT2D eigenvalue weighted by Gasteiger charge is -2.29.